The monoisotopic (exact) mass is 338 g/mol. The predicted molar refractivity (Wildman–Crippen MR) is 94.0 cm³/mol. The molecule has 3 heterocycles. The predicted octanol–water partition coefficient (Wildman–Crippen LogP) is 2.29. The molecule has 2 unspecified atom stereocenters. The van der Waals surface area contributed by atoms with Crippen LogP contribution >= 0.6 is 0 Å². The van der Waals surface area contributed by atoms with Crippen molar-refractivity contribution in [3.63, 3.8) is 0 Å². The van der Waals surface area contributed by atoms with Crippen LogP contribution in [0.3, 0.4) is 0 Å². The van der Waals surface area contributed by atoms with E-state index in [-0.39, 0.29) is 12.1 Å². The zero-order valence-corrected chi connectivity index (χ0v) is 15.4. The molecule has 0 bridgehead atoms. The Morgan fingerprint density at radius 3 is 2.29 bits per heavy atom. The van der Waals surface area contributed by atoms with Crippen LogP contribution in [0.25, 0.3) is 0 Å². The molecule has 0 aromatic carbocycles. The molecule has 0 N–H and O–H groups in total. The third-order valence-corrected chi connectivity index (χ3v) is 5.70. The molecule has 3 saturated heterocycles. The molecular weight excluding hydrogens is 304 g/mol. The van der Waals surface area contributed by atoms with Gasteiger partial charge >= 0.3 is 0 Å². The maximum atomic E-state index is 13.1. The highest BCUT2D eigenvalue weighted by molar-refractivity contribution is 5.82. The third kappa shape index (κ3) is 4.50. The zero-order valence-electron chi connectivity index (χ0n) is 15.4. The van der Waals surface area contributed by atoms with Crippen LogP contribution in [0.1, 0.15) is 52.4 Å². The van der Waals surface area contributed by atoms with Gasteiger partial charge in [0.2, 0.25) is 5.91 Å². The molecular formula is C19H34N2O3. The Bertz CT molecular complexity index is 395. The lowest BCUT2D eigenvalue weighted by Crippen LogP contribution is -2.54. The van der Waals surface area contributed by atoms with Crippen LogP contribution in [0.2, 0.25) is 0 Å². The molecule has 3 fully saturated rings. The standard InChI is InChI=1S/C19H34N2O3/c1-15(2)18(20-9-4-3-5-10-20)19(22)21-11-6-16(7-12-21)24-17-8-13-23-14-17/h15-18H,3-14H2,1-2H3. The maximum absolute atomic E-state index is 13.1. The number of ether oxygens (including phenoxy) is 2. The molecule has 3 rings (SSSR count). The van der Waals surface area contributed by atoms with E-state index in [9.17, 15) is 4.79 Å². The highest BCUT2D eigenvalue weighted by Gasteiger charge is 2.35. The van der Waals surface area contributed by atoms with Gasteiger partial charge in [-0.2, -0.15) is 0 Å². The SMILES string of the molecule is CC(C)C(C(=O)N1CCC(OC2CCOC2)CC1)N1CCCCC1. The normalized spacial score (nSPS) is 28.5. The lowest BCUT2D eigenvalue weighted by Gasteiger charge is -2.41. The molecule has 0 aliphatic carbocycles. The number of hydrogen-bond donors (Lipinski definition) is 0. The summed E-state index contributed by atoms with van der Waals surface area (Å²) in [7, 11) is 0. The number of nitrogens with zero attached hydrogens (tertiary/aromatic N) is 2. The van der Waals surface area contributed by atoms with E-state index in [2.05, 4.69) is 23.6 Å². The molecule has 138 valence electrons. The molecule has 0 aromatic heterocycles. The number of rotatable bonds is 5. The smallest absolute Gasteiger partial charge is 0.240 e. The first-order chi connectivity index (χ1) is 11.6. The van der Waals surface area contributed by atoms with Gasteiger partial charge in [0.1, 0.15) is 0 Å². The largest absolute Gasteiger partial charge is 0.379 e. The van der Waals surface area contributed by atoms with Gasteiger partial charge in [-0.05, 0) is 51.1 Å². The summed E-state index contributed by atoms with van der Waals surface area (Å²) < 4.78 is 11.5. The highest BCUT2D eigenvalue weighted by Crippen LogP contribution is 2.23. The molecule has 5 heteroatoms. The minimum atomic E-state index is 0.0611. The molecule has 0 aromatic rings. The van der Waals surface area contributed by atoms with Crippen molar-refractivity contribution < 1.29 is 14.3 Å². The summed E-state index contributed by atoms with van der Waals surface area (Å²) >= 11 is 0. The maximum Gasteiger partial charge on any atom is 0.240 e. The van der Waals surface area contributed by atoms with E-state index >= 15 is 0 Å². The van der Waals surface area contributed by atoms with Crippen LogP contribution in [0.5, 0.6) is 0 Å². The lowest BCUT2D eigenvalue weighted by atomic mass is 9.96. The average Bonchev–Trinajstić information content (AvgIpc) is 3.09. The van der Waals surface area contributed by atoms with Crippen molar-refractivity contribution in [3.05, 3.63) is 0 Å². The fourth-order valence-electron chi connectivity index (χ4n) is 4.35. The summed E-state index contributed by atoms with van der Waals surface area (Å²) in [4.78, 5) is 17.6. The molecule has 24 heavy (non-hydrogen) atoms. The van der Waals surface area contributed by atoms with Crippen molar-refractivity contribution in [2.45, 2.75) is 70.6 Å². The number of hydrogen-bond acceptors (Lipinski definition) is 4. The van der Waals surface area contributed by atoms with Gasteiger partial charge in [-0.1, -0.05) is 20.3 Å². The van der Waals surface area contributed by atoms with E-state index < -0.39 is 0 Å². The number of carbonyl (C=O) groups is 1. The van der Waals surface area contributed by atoms with Gasteiger partial charge in [0.15, 0.2) is 0 Å². The number of carbonyl (C=O) groups excluding carboxylic acids is 1. The second-order valence-electron chi connectivity index (χ2n) is 7.93. The highest BCUT2D eigenvalue weighted by atomic mass is 16.5. The summed E-state index contributed by atoms with van der Waals surface area (Å²) in [5.41, 5.74) is 0. The fourth-order valence-corrected chi connectivity index (χ4v) is 4.35. The van der Waals surface area contributed by atoms with Gasteiger partial charge < -0.3 is 14.4 Å². The van der Waals surface area contributed by atoms with Crippen molar-refractivity contribution >= 4 is 5.91 Å². The Morgan fingerprint density at radius 2 is 1.71 bits per heavy atom. The Kier molecular flexibility index (Phi) is 6.53. The summed E-state index contributed by atoms with van der Waals surface area (Å²) in [5.74, 6) is 0.717. The van der Waals surface area contributed by atoms with Crippen molar-refractivity contribution in [3.8, 4) is 0 Å². The summed E-state index contributed by atoms with van der Waals surface area (Å²) in [6, 6.07) is 0.0611. The Labute approximate surface area is 146 Å². The second-order valence-corrected chi connectivity index (χ2v) is 7.93. The van der Waals surface area contributed by atoms with Crippen molar-refractivity contribution in [1.82, 2.24) is 9.80 Å². The first-order valence-electron chi connectivity index (χ1n) is 9.91. The van der Waals surface area contributed by atoms with Crippen molar-refractivity contribution in [2.75, 3.05) is 39.4 Å². The third-order valence-electron chi connectivity index (χ3n) is 5.70. The number of likely N-dealkylation sites (tertiary alicyclic amines) is 2. The van der Waals surface area contributed by atoms with Gasteiger partial charge in [0, 0.05) is 19.7 Å². The van der Waals surface area contributed by atoms with Crippen LogP contribution < -0.4 is 0 Å². The van der Waals surface area contributed by atoms with Crippen LogP contribution in [0.15, 0.2) is 0 Å². The van der Waals surface area contributed by atoms with E-state index in [1.54, 1.807) is 0 Å². The van der Waals surface area contributed by atoms with Crippen LogP contribution in [0.4, 0.5) is 0 Å². The zero-order chi connectivity index (χ0) is 16.9. The van der Waals surface area contributed by atoms with Crippen LogP contribution in [0, 0.1) is 5.92 Å². The minimum absolute atomic E-state index is 0.0611. The first-order valence-corrected chi connectivity index (χ1v) is 9.91. The molecule has 2 atom stereocenters. The summed E-state index contributed by atoms with van der Waals surface area (Å²) in [6.45, 7) is 9.78. The molecule has 0 radical (unpaired) electrons. The molecule has 3 aliphatic heterocycles. The topological polar surface area (TPSA) is 42.0 Å². The van der Waals surface area contributed by atoms with Gasteiger partial charge in [-0.15, -0.1) is 0 Å². The summed E-state index contributed by atoms with van der Waals surface area (Å²) in [5, 5.41) is 0. The quantitative estimate of drug-likeness (QED) is 0.771. The number of piperidine rings is 2. The van der Waals surface area contributed by atoms with E-state index in [1.807, 2.05) is 0 Å². The van der Waals surface area contributed by atoms with Crippen LogP contribution in [-0.2, 0) is 14.3 Å². The van der Waals surface area contributed by atoms with Crippen molar-refractivity contribution in [1.29, 1.82) is 0 Å². The van der Waals surface area contributed by atoms with E-state index in [0.29, 0.717) is 17.9 Å². The fraction of sp³-hybridized carbons (Fsp3) is 0.947. The first kappa shape index (κ1) is 18.2. The average molecular weight is 338 g/mol. The molecule has 0 spiro atoms. The van der Waals surface area contributed by atoms with E-state index in [1.165, 1.54) is 19.3 Å². The molecule has 1 amide bonds. The van der Waals surface area contributed by atoms with Gasteiger partial charge in [0.25, 0.3) is 0 Å². The second kappa shape index (κ2) is 8.63. The Balaban J connectivity index is 1.50. The minimum Gasteiger partial charge on any atom is -0.379 e. The van der Waals surface area contributed by atoms with Crippen LogP contribution in [-0.4, -0.2) is 73.3 Å². The van der Waals surface area contributed by atoms with Gasteiger partial charge in [-0.3, -0.25) is 9.69 Å². The molecule has 5 nitrogen and oxygen atoms in total. The molecule has 0 saturated carbocycles. The van der Waals surface area contributed by atoms with Gasteiger partial charge in [-0.25, -0.2) is 0 Å². The van der Waals surface area contributed by atoms with E-state index in [4.69, 9.17) is 9.47 Å². The molecule has 3 aliphatic rings. The van der Waals surface area contributed by atoms with E-state index in [0.717, 1.165) is 58.7 Å². The van der Waals surface area contributed by atoms with Crippen molar-refractivity contribution in [2.24, 2.45) is 5.92 Å². The lowest BCUT2D eigenvalue weighted by molar-refractivity contribution is -0.142. The number of amides is 1. The Hall–Kier alpha value is -0.650. The van der Waals surface area contributed by atoms with Gasteiger partial charge in [0.05, 0.1) is 24.9 Å². The summed E-state index contributed by atoms with van der Waals surface area (Å²) in [6.07, 6.45) is 7.29. The Morgan fingerprint density at radius 1 is 1.00 bits per heavy atom.